The lowest BCUT2D eigenvalue weighted by Crippen LogP contribution is -2.13. The molecule has 8 nitrogen and oxygen atoms in total. The summed E-state index contributed by atoms with van der Waals surface area (Å²) in [6, 6.07) is 0. The van der Waals surface area contributed by atoms with Crippen LogP contribution in [-0.4, -0.2) is 25.3 Å². The Balaban J connectivity index is 2.01. The lowest BCUT2D eigenvalue weighted by molar-refractivity contribution is -0.137. The summed E-state index contributed by atoms with van der Waals surface area (Å²) in [4.78, 5) is 11.5. The molecule has 0 aliphatic rings. The van der Waals surface area contributed by atoms with E-state index in [2.05, 4.69) is 29.9 Å². The first-order valence-corrected chi connectivity index (χ1v) is 6.33. The van der Waals surface area contributed by atoms with Crippen LogP contribution in [0.5, 0.6) is 0 Å². The monoisotopic (exact) mass is 325 g/mol. The van der Waals surface area contributed by atoms with Crippen molar-refractivity contribution in [1.29, 1.82) is 0 Å². The molecule has 11 heteroatoms. The van der Waals surface area contributed by atoms with Gasteiger partial charge in [0.15, 0.2) is 5.52 Å². The minimum Gasteiger partial charge on any atom is -0.396 e. The van der Waals surface area contributed by atoms with Gasteiger partial charge in [0.25, 0.3) is 0 Å². The van der Waals surface area contributed by atoms with E-state index in [0.717, 1.165) is 0 Å². The summed E-state index contributed by atoms with van der Waals surface area (Å²) in [7, 11) is 0. The highest BCUT2D eigenvalue weighted by Gasteiger charge is 2.34. The van der Waals surface area contributed by atoms with Gasteiger partial charge in [-0.05, 0) is 17.2 Å². The number of pyridine rings is 1. The van der Waals surface area contributed by atoms with Crippen molar-refractivity contribution in [3.63, 3.8) is 0 Å². The van der Waals surface area contributed by atoms with Crippen molar-refractivity contribution in [2.45, 2.75) is 19.5 Å². The molecule has 0 saturated heterocycles. The summed E-state index contributed by atoms with van der Waals surface area (Å²) in [5.41, 5.74) is 12.1. The smallest absolute Gasteiger partial charge is 0.396 e. The standard InChI is InChI=1S/C12H10F3N7O/c1-4-5(8(16)9-11(19-4)22-23-21-9)2-7-18-3-6(10(17)20-7)12(13,14)15/h3H,2,16H2,1H3,(H2,17,18,20). The molecule has 4 N–H and O–H groups in total. The number of nitrogen functional groups attached to an aromatic ring is 2. The normalized spacial score (nSPS) is 12.0. The lowest BCUT2D eigenvalue weighted by atomic mass is 10.1. The Morgan fingerprint density at radius 1 is 1.17 bits per heavy atom. The number of aryl methyl sites for hydroxylation is 1. The van der Waals surface area contributed by atoms with Crippen molar-refractivity contribution < 1.29 is 17.8 Å². The molecule has 0 unspecified atom stereocenters. The molecule has 0 spiro atoms. The van der Waals surface area contributed by atoms with E-state index in [1.807, 2.05) is 0 Å². The average Bonchev–Trinajstić information content (AvgIpc) is 2.90. The van der Waals surface area contributed by atoms with Gasteiger partial charge in [0.1, 0.15) is 17.2 Å². The van der Waals surface area contributed by atoms with Crippen LogP contribution in [0, 0.1) is 6.92 Å². The molecule has 0 amide bonds. The third-order valence-corrected chi connectivity index (χ3v) is 3.27. The van der Waals surface area contributed by atoms with Crippen LogP contribution >= 0.6 is 0 Å². The van der Waals surface area contributed by atoms with E-state index < -0.39 is 17.6 Å². The summed E-state index contributed by atoms with van der Waals surface area (Å²) in [6.45, 7) is 1.67. The van der Waals surface area contributed by atoms with Gasteiger partial charge in [0, 0.05) is 23.9 Å². The molecule has 3 rings (SSSR count). The van der Waals surface area contributed by atoms with Gasteiger partial charge in [-0.15, -0.1) is 0 Å². The largest absolute Gasteiger partial charge is 0.421 e. The predicted molar refractivity (Wildman–Crippen MR) is 73.0 cm³/mol. The number of alkyl halides is 3. The Bertz CT molecular complexity index is 890. The summed E-state index contributed by atoms with van der Waals surface area (Å²) in [5.74, 6) is -0.557. The fraction of sp³-hybridized carbons (Fsp3) is 0.250. The maximum atomic E-state index is 12.7. The molecule has 0 bridgehead atoms. The molecular weight excluding hydrogens is 315 g/mol. The molecule has 120 valence electrons. The van der Waals surface area contributed by atoms with E-state index >= 15 is 0 Å². The van der Waals surface area contributed by atoms with E-state index in [1.54, 1.807) is 6.92 Å². The van der Waals surface area contributed by atoms with Crippen molar-refractivity contribution in [3.8, 4) is 0 Å². The maximum Gasteiger partial charge on any atom is 0.421 e. The number of rotatable bonds is 2. The van der Waals surface area contributed by atoms with Crippen molar-refractivity contribution in [3.05, 3.63) is 28.8 Å². The Labute approximate surface area is 126 Å². The van der Waals surface area contributed by atoms with Gasteiger partial charge in [0.2, 0.25) is 5.65 Å². The highest BCUT2D eigenvalue weighted by Crippen LogP contribution is 2.32. The summed E-state index contributed by atoms with van der Waals surface area (Å²) < 4.78 is 42.5. The summed E-state index contributed by atoms with van der Waals surface area (Å²) in [5, 5.41) is 7.23. The van der Waals surface area contributed by atoms with Crippen LogP contribution in [0.15, 0.2) is 10.8 Å². The van der Waals surface area contributed by atoms with Gasteiger partial charge >= 0.3 is 6.18 Å². The molecule has 0 fully saturated rings. The minimum absolute atomic E-state index is 0.0514. The van der Waals surface area contributed by atoms with Crippen LogP contribution in [0.25, 0.3) is 11.2 Å². The van der Waals surface area contributed by atoms with E-state index in [-0.39, 0.29) is 29.1 Å². The number of hydrogen-bond donors (Lipinski definition) is 2. The average molecular weight is 325 g/mol. The van der Waals surface area contributed by atoms with Gasteiger partial charge in [-0.3, -0.25) is 0 Å². The van der Waals surface area contributed by atoms with Crippen LogP contribution in [0.4, 0.5) is 24.7 Å². The van der Waals surface area contributed by atoms with Crippen molar-refractivity contribution >= 4 is 22.7 Å². The first kappa shape index (κ1) is 14.9. The van der Waals surface area contributed by atoms with Crippen LogP contribution in [0.2, 0.25) is 0 Å². The Hall–Kier alpha value is -2.98. The van der Waals surface area contributed by atoms with Crippen molar-refractivity contribution in [2.75, 3.05) is 11.5 Å². The molecular formula is C12H10F3N7O. The second-order valence-electron chi connectivity index (χ2n) is 4.79. The number of hydrogen-bond acceptors (Lipinski definition) is 8. The van der Waals surface area contributed by atoms with Gasteiger partial charge in [-0.25, -0.2) is 19.6 Å². The van der Waals surface area contributed by atoms with Gasteiger partial charge in [-0.1, -0.05) is 0 Å². The highest BCUT2D eigenvalue weighted by atomic mass is 19.4. The molecule has 3 heterocycles. The Morgan fingerprint density at radius 2 is 1.91 bits per heavy atom. The Kier molecular flexibility index (Phi) is 3.27. The molecule has 0 atom stereocenters. The SMILES string of the molecule is Cc1nc2nonc2c(N)c1Cc1ncc(C(F)(F)F)c(N)n1. The first-order chi connectivity index (χ1) is 10.8. The van der Waals surface area contributed by atoms with E-state index in [1.165, 1.54) is 0 Å². The highest BCUT2D eigenvalue weighted by molar-refractivity contribution is 5.85. The number of aromatic nitrogens is 5. The zero-order valence-corrected chi connectivity index (χ0v) is 11.7. The van der Waals surface area contributed by atoms with Crippen LogP contribution < -0.4 is 11.5 Å². The van der Waals surface area contributed by atoms with E-state index in [9.17, 15) is 13.2 Å². The van der Waals surface area contributed by atoms with Crippen molar-refractivity contribution in [1.82, 2.24) is 25.3 Å². The summed E-state index contributed by atoms with van der Waals surface area (Å²) >= 11 is 0. The third kappa shape index (κ3) is 2.60. The fourth-order valence-electron chi connectivity index (χ4n) is 2.11. The zero-order chi connectivity index (χ0) is 16.8. The molecule has 23 heavy (non-hydrogen) atoms. The number of nitrogens with zero attached hydrogens (tertiary/aromatic N) is 5. The van der Waals surface area contributed by atoms with Gasteiger partial charge in [0.05, 0.1) is 5.69 Å². The number of halogens is 3. The number of fused-ring (bicyclic) bond motifs is 1. The first-order valence-electron chi connectivity index (χ1n) is 6.33. The number of nitrogens with two attached hydrogens (primary N) is 2. The van der Waals surface area contributed by atoms with E-state index in [4.69, 9.17) is 11.5 Å². The topological polar surface area (TPSA) is 130 Å². The zero-order valence-electron chi connectivity index (χ0n) is 11.7. The number of anilines is 2. The third-order valence-electron chi connectivity index (χ3n) is 3.27. The second kappa shape index (κ2) is 5.04. The summed E-state index contributed by atoms with van der Waals surface area (Å²) in [6.07, 6.45) is -3.91. The Morgan fingerprint density at radius 3 is 2.57 bits per heavy atom. The molecule has 0 aromatic carbocycles. The van der Waals surface area contributed by atoms with Gasteiger partial charge < -0.3 is 11.5 Å². The molecule has 0 aliphatic carbocycles. The predicted octanol–water partition coefficient (Wildman–Crippen LogP) is 1.49. The maximum absolute atomic E-state index is 12.7. The van der Waals surface area contributed by atoms with Crippen LogP contribution in [0.3, 0.4) is 0 Å². The quantitative estimate of drug-likeness (QED) is 0.725. The van der Waals surface area contributed by atoms with Crippen LogP contribution in [-0.2, 0) is 12.6 Å². The second-order valence-corrected chi connectivity index (χ2v) is 4.79. The molecule has 3 aromatic rings. The van der Waals surface area contributed by atoms with Crippen molar-refractivity contribution in [2.24, 2.45) is 0 Å². The van der Waals surface area contributed by atoms with E-state index in [0.29, 0.717) is 17.5 Å². The fourth-order valence-corrected chi connectivity index (χ4v) is 2.11. The molecule has 3 aromatic heterocycles. The lowest BCUT2D eigenvalue weighted by Gasteiger charge is -2.11. The van der Waals surface area contributed by atoms with Gasteiger partial charge in [-0.2, -0.15) is 13.2 Å². The minimum atomic E-state index is -4.61. The molecule has 0 saturated carbocycles. The molecule has 0 aliphatic heterocycles. The molecule has 0 radical (unpaired) electrons. The van der Waals surface area contributed by atoms with Crippen LogP contribution in [0.1, 0.15) is 22.6 Å².